The number of methoxy groups -OCH3 is 1. The standard InChI is InChI=1S/C18H16BrN5O3/c1-27-15-5-3-12(8-20-15)21-18(26)10-6-16(25)24(9-10)17-13-4-2-11(19)7-14(13)22-23-17/h2-5,7-8,10H,6,9H2,1H3,(H,21,26)(H,22,23). The number of aromatic amines is 1. The summed E-state index contributed by atoms with van der Waals surface area (Å²) in [6.45, 7) is 0.282. The number of carbonyl (C=O) groups is 2. The lowest BCUT2D eigenvalue weighted by Crippen LogP contribution is -2.28. The van der Waals surface area contributed by atoms with E-state index in [0.717, 1.165) is 15.4 Å². The first kappa shape index (κ1) is 17.5. The van der Waals surface area contributed by atoms with Crippen LogP contribution in [-0.4, -0.2) is 40.7 Å². The third kappa shape index (κ3) is 3.37. The Hall–Kier alpha value is -2.94. The molecule has 0 aliphatic carbocycles. The SMILES string of the molecule is COc1ccc(NC(=O)C2CC(=O)N(c3n[nH]c4cc(Br)ccc34)C2)cn1. The van der Waals surface area contributed by atoms with Crippen LogP contribution in [0.3, 0.4) is 0 Å². The van der Waals surface area contributed by atoms with Gasteiger partial charge in [0.05, 0.1) is 30.4 Å². The van der Waals surface area contributed by atoms with Crippen molar-refractivity contribution in [3.8, 4) is 5.88 Å². The lowest BCUT2D eigenvalue weighted by Gasteiger charge is -2.14. The van der Waals surface area contributed by atoms with Crippen molar-refractivity contribution in [2.45, 2.75) is 6.42 Å². The van der Waals surface area contributed by atoms with Gasteiger partial charge in [-0.15, -0.1) is 0 Å². The number of pyridine rings is 1. The maximum Gasteiger partial charge on any atom is 0.229 e. The predicted octanol–water partition coefficient (Wildman–Crippen LogP) is 2.72. The normalized spacial score (nSPS) is 16.7. The van der Waals surface area contributed by atoms with E-state index >= 15 is 0 Å². The molecule has 1 saturated heterocycles. The Morgan fingerprint density at radius 3 is 2.96 bits per heavy atom. The average molecular weight is 430 g/mol. The highest BCUT2D eigenvalue weighted by Crippen LogP contribution is 2.31. The predicted molar refractivity (Wildman–Crippen MR) is 104 cm³/mol. The van der Waals surface area contributed by atoms with E-state index in [2.05, 4.69) is 36.4 Å². The zero-order chi connectivity index (χ0) is 19.0. The van der Waals surface area contributed by atoms with Gasteiger partial charge < -0.3 is 10.1 Å². The third-order valence-electron chi connectivity index (χ3n) is 4.47. The van der Waals surface area contributed by atoms with Crippen molar-refractivity contribution in [2.75, 3.05) is 23.9 Å². The molecule has 3 aromatic rings. The van der Waals surface area contributed by atoms with Crippen LogP contribution in [0, 0.1) is 5.92 Å². The summed E-state index contributed by atoms with van der Waals surface area (Å²) in [6, 6.07) is 9.05. The van der Waals surface area contributed by atoms with Crippen LogP contribution in [0.4, 0.5) is 11.5 Å². The molecule has 0 saturated carbocycles. The Bertz CT molecular complexity index is 1020. The van der Waals surface area contributed by atoms with Gasteiger partial charge >= 0.3 is 0 Å². The average Bonchev–Trinajstić information content (AvgIpc) is 3.25. The van der Waals surface area contributed by atoms with E-state index in [1.54, 1.807) is 17.0 Å². The molecule has 27 heavy (non-hydrogen) atoms. The number of nitrogens with one attached hydrogen (secondary N) is 2. The van der Waals surface area contributed by atoms with E-state index in [1.165, 1.54) is 13.3 Å². The molecule has 4 rings (SSSR count). The zero-order valence-corrected chi connectivity index (χ0v) is 16.0. The second kappa shape index (κ2) is 6.99. The summed E-state index contributed by atoms with van der Waals surface area (Å²) < 4.78 is 5.92. The van der Waals surface area contributed by atoms with Crippen LogP contribution in [-0.2, 0) is 9.59 Å². The van der Waals surface area contributed by atoms with Gasteiger partial charge in [-0.2, -0.15) is 5.10 Å². The molecule has 3 heterocycles. The van der Waals surface area contributed by atoms with Crippen molar-refractivity contribution in [1.82, 2.24) is 15.2 Å². The number of hydrogen-bond donors (Lipinski definition) is 2. The Labute approximate surface area is 163 Å². The van der Waals surface area contributed by atoms with E-state index in [4.69, 9.17) is 4.74 Å². The molecule has 1 aliphatic heterocycles. The fourth-order valence-corrected chi connectivity index (χ4v) is 3.45. The van der Waals surface area contributed by atoms with Gasteiger partial charge in [-0.25, -0.2) is 4.98 Å². The second-order valence-electron chi connectivity index (χ2n) is 6.22. The first-order chi connectivity index (χ1) is 13.0. The van der Waals surface area contributed by atoms with E-state index in [9.17, 15) is 9.59 Å². The smallest absolute Gasteiger partial charge is 0.229 e. The number of hydrogen-bond acceptors (Lipinski definition) is 5. The number of H-pyrrole nitrogens is 1. The zero-order valence-electron chi connectivity index (χ0n) is 14.4. The van der Waals surface area contributed by atoms with Crippen LogP contribution in [0.15, 0.2) is 41.0 Å². The van der Waals surface area contributed by atoms with Crippen molar-refractivity contribution in [3.05, 3.63) is 41.0 Å². The van der Waals surface area contributed by atoms with Gasteiger partial charge in [0.15, 0.2) is 5.82 Å². The number of fused-ring (bicyclic) bond motifs is 1. The van der Waals surface area contributed by atoms with Gasteiger partial charge in [0.25, 0.3) is 0 Å². The Morgan fingerprint density at radius 1 is 1.37 bits per heavy atom. The molecule has 1 aliphatic rings. The molecule has 8 nitrogen and oxygen atoms in total. The summed E-state index contributed by atoms with van der Waals surface area (Å²) >= 11 is 3.41. The number of rotatable bonds is 4. The molecule has 1 unspecified atom stereocenters. The Morgan fingerprint density at radius 2 is 2.22 bits per heavy atom. The van der Waals surface area contributed by atoms with E-state index in [1.807, 2.05) is 18.2 Å². The fraction of sp³-hybridized carbons (Fsp3) is 0.222. The highest BCUT2D eigenvalue weighted by Gasteiger charge is 2.36. The second-order valence-corrected chi connectivity index (χ2v) is 7.14. The van der Waals surface area contributed by atoms with E-state index < -0.39 is 5.92 Å². The van der Waals surface area contributed by atoms with Crippen LogP contribution in [0.5, 0.6) is 5.88 Å². The number of halogens is 1. The Kier molecular flexibility index (Phi) is 4.53. The van der Waals surface area contributed by atoms with Crippen molar-refractivity contribution < 1.29 is 14.3 Å². The monoisotopic (exact) mass is 429 g/mol. The molecule has 9 heteroatoms. The van der Waals surface area contributed by atoms with Crippen molar-refractivity contribution >= 4 is 50.2 Å². The van der Waals surface area contributed by atoms with Gasteiger partial charge in [-0.1, -0.05) is 15.9 Å². The highest BCUT2D eigenvalue weighted by atomic mass is 79.9. The summed E-state index contributed by atoms with van der Waals surface area (Å²) in [4.78, 5) is 30.7. The van der Waals surface area contributed by atoms with Crippen molar-refractivity contribution in [1.29, 1.82) is 0 Å². The lowest BCUT2D eigenvalue weighted by atomic mass is 10.1. The third-order valence-corrected chi connectivity index (χ3v) is 4.96. The first-order valence-electron chi connectivity index (χ1n) is 8.30. The summed E-state index contributed by atoms with van der Waals surface area (Å²) in [5, 5.41) is 10.8. The van der Waals surface area contributed by atoms with Crippen LogP contribution in [0.2, 0.25) is 0 Å². The van der Waals surface area contributed by atoms with Gasteiger partial charge in [0, 0.05) is 28.9 Å². The van der Waals surface area contributed by atoms with E-state index in [0.29, 0.717) is 17.4 Å². The number of aromatic nitrogens is 3. The number of nitrogens with zero attached hydrogens (tertiary/aromatic N) is 3. The maximum absolute atomic E-state index is 12.6. The quantitative estimate of drug-likeness (QED) is 0.663. The lowest BCUT2D eigenvalue weighted by molar-refractivity contribution is -0.122. The minimum Gasteiger partial charge on any atom is -0.481 e. The van der Waals surface area contributed by atoms with Gasteiger partial charge in [0.2, 0.25) is 17.7 Å². The molecule has 0 bridgehead atoms. The number of benzene rings is 1. The van der Waals surface area contributed by atoms with Crippen LogP contribution in [0.1, 0.15) is 6.42 Å². The summed E-state index contributed by atoms with van der Waals surface area (Å²) in [7, 11) is 1.52. The molecule has 138 valence electrons. The fourth-order valence-electron chi connectivity index (χ4n) is 3.09. The maximum atomic E-state index is 12.6. The Balaban J connectivity index is 1.50. The summed E-state index contributed by atoms with van der Waals surface area (Å²) in [5.41, 5.74) is 1.38. The van der Waals surface area contributed by atoms with Crippen molar-refractivity contribution in [3.63, 3.8) is 0 Å². The first-order valence-corrected chi connectivity index (χ1v) is 9.09. The van der Waals surface area contributed by atoms with Crippen LogP contribution >= 0.6 is 15.9 Å². The molecule has 0 spiro atoms. The molecule has 1 atom stereocenters. The molecule has 2 aromatic heterocycles. The minimum absolute atomic E-state index is 0.126. The molecule has 1 aromatic carbocycles. The molecule has 0 radical (unpaired) electrons. The molecular formula is C18H16BrN5O3. The van der Waals surface area contributed by atoms with E-state index in [-0.39, 0.29) is 24.8 Å². The van der Waals surface area contributed by atoms with Gasteiger partial charge in [-0.3, -0.25) is 19.6 Å². The summed E-state index contributed by atoms with van der Waals surface area (Å²) in [5.74, 6) is 0.206. The molecule has 2 amide bonds. The molecule has 2 N–H and O–H groups in total. The van der Waals surface area contributed by atoms with Gasteiger partial charge in [-0.05, 0) is 24.3 Å². The largest absolute Gasteiger partial charge is 0.481 e. The number of amides is 2. The van der Waals surface area contributed by atoms with Crippen molar-refractivity contribution in [2.24, 2.45) is 5.92 Å². The highest BCUT2D eigenvalue weighted by molar-refractivity contribution is 9.10. The molecular weight excluding hydrogens is 414 g/mol. The van der Waals surface area contributed by atoms with Crippen LogP contribution < -0.4 is 15.0 Å². The summed E-state index contributed by atoms with van der Waals surface area (Å²) in [6.07, 6.45) is 1.66. The minimum atomic E-state index is -0.457. The number of anilines is 2. The van der Waals surface area contributed by atoms with Crippen LogP contribution in [0.25, 0.3) is 10.9 Å². The number of carbonyl (C=O) groups excluding carboxylic acids is 2. The topological polar surface area (TPSA) is 100 Å². The number of ether oxygens (including phenoxy) is 1. The molecule has 1 fully saturated rings. The van der Waals surface area contributed by atoms with Gasteiger partial charge in [0.1, 0.15) is 0 Å².